The standard InChI is InChI=1S/C18H31N5/c1-12-17(13(2)23(4)22-12)11-20-18(19-3)21-16-9-8-14-6-5-7-15(14)10-16/h14-16H,5-11H2,1-4H3,(H2,19,20,21). The van der Waals surface area contributed by atoms with Gasteiger partial charge in [-0.2, -0.15) is 5.10 Å². The third-order valence-electron chi connectivity index (χ3n) is 5.95. The second-order valence-corrected chi connectivity index (χ2v) is 7.30. The van der Waals surface area contributed by atoms with E-state index in [0.29, 0.717) is 6.04 Å². The Morgan fingerprint density at radius 2 is 2.00 bits per heavy atom. The number of aliphatic imine (C=N–C) groups is 1. The van der Waals surface area contributed by atoms with Crippen molar-refractivity contribution in [3.8, 4) is 0 Å². The van der Waals surface area contributed by atoms with Crippen LogP contribution in [0.4, 0.5) is 0 Å². The number of nitrogens with zero attached hydrogens (tertiary/aromatic N) is 3. The molecular weight excluding hydrogens is 286 g/mol. The van der Waals surface area contributed by atoms with Gasteiger partial charge in [-0.15, -0.1) is 0 Å². The summed E-state index contributed by atoms with van der Waals surface area (Å²) in [7, 11) is 3.86. The molecule has 1 aromatic heterocycles. The first-order chi connectivity index (χ1) is 11.1. The Hall–Kier alpha value is -1.52. The minimum atomic E-state index is 0.580. The zero-order valence-corrected chi connectivity index (χ0v) is 15.0. The van der Waals surface area contributed by atoms with Gasteiger partial charge in [-0.3, -0.25) is 9.67 Å². The van der Waals surface area contributed by atoms with E-state index >= 15 is 0 Å². The maximum Gasteiger partial charge on any atom is 0.191 e. The zero-order valence-electron chi connectivity index (χ0n) is 15.0. The Morgan fingerprint density at radius 1 is 1.22 bits per heavy atom. The quantitative estimate of drug-likeness (QED) is 0.666. The summed E-state index contributed by atoms with van der Waals surface area (Å²) in [6.07, 6.45) is 8.32. The predicted octanol–water partition coefficient (Wildman–Crippen LogP) is 2.67. The van der Waals surface area contributed by atoms with E-state index < -0.39 is 0 Å². The lowest BCUT2D eigenvalue weighted by atomic mass is 9.79. The number of hydrogen-bond acceptors (Lipinski definition) is 2. The maximum atomic E-state index is 4.48. The summed E-state index contributed by atoms with van der Waals surface area (Å²) < 4.78 is 1.95. The lowest BCUT2D eigenvalue weighted by Crippen LogP contribution is -2.45. The van der Waals surface area contributed by atoms with Gasteiger partial charge in [0.05, 0.1) is 5.69 Å². The molecule has 0 aliphatic heterocycles. The predicted molar refractivity (Wildman–Crippen MR) is 94.5 cm³/mol. The summed E-state index contributed by atoms with van der Waals surface area (Å²) in [5.74, 6) is 2.87. The molecule has 0 amide bonds. The first kappa shape index (κ1) is 16.3. The van der Waals surface area contributed by atoms with Crippen molar-refractivity contribution in [2.24, 2.45) is 23.9 Å². The SMILES string of the molecule is CN=C(NCc1c(C)nn(C)c1C)NC1CCC2CCCC2C1. The summed E-state index contributed by atoms with van der Waals surface area (Å²) in [4.78, 5) is 4.42. The summed E-state index contributed by atoms with van der Waals surface area (Å²) in [6.45, 7) is 4.97. The molecule has 5 heteroatoms. The molecule has 1 heterocycles. The normalized spacial score (nSPS) is 27.8. The van der Waals surface area contributed by atoms with Crippen LogP contribution < -0.4 is 10.6 Å². The first-order valence-corrected chi connectivity index (χ1v) is 9.04. The topological polar surface area (TPSA) is 54.2 Å². The highest BCUT2D eigenvalue weighted by Gasteiger charge is 2.33. The number of guanidine groups is 1. The largest absolute Gasteiger partial charge is 0.354 e. The third kappa shape index (κ3) is 3.54. The van der Waals surface area contributed by atoms with Gasteiger partial charge in [-0.05, 0) is 44.9 Å². The van der Waals surface area contributed by atoms with Gasteiger partial charge < -0.3 is 10.6 Å². The van der Waals surface area contributed by atoms with Crippen molar-refractivity contribution in [2.75, 3.05) is 7.05 Å². The van der Waals surface area contributed by atoms with Crippen molar-refractivity contribution in [3.05, 3.63) is 17.0 Å². The van der Waals surface area contributed by atoms with Gasteiger partial charge in [0, 0.05) is 37.9 Å². The van der Waals surface area contributed by atoms with E-state index in [9.17, 15) is 0 Å². The van der Waals surface area contributed by atoms with E-state index in [2.05, 4.69) is 34.6 Å². The molecule has 0 bridgehead atoms. The lowest BCUT2D eigenvalue weighted by Gasteiger charge is -2.33. The fourth-order valence-corrected chi connectivity index (χ4v) is 4.47. The summed E-state index contributed by atoms with van der Waals surface area (Å²) in [5, 5.41) is 11.6. The van der Waals surface area contributed by atoms with Crippen LogP contribution in [0.3, 0.4) is 0 Å². The van der Waals surface area contributed by atoms with Gasteiger partial charge in [0.1, 0.15) is 0 Å². The van der Waals surface area contributed by atoms with Gasteiger partial charge in [-0.1, -0.05) is 19.3 Å². The van der Waals surface area contributed by atoms with Crippen molar-refractivity contribution in [1.82, 2.24) is 20.4 Å². The Labute approximate surface area is 139 Å². The van der Waals surface area contributed by atoms with Crippen molar-refractivity contribution in [3.63, 3.8) is 0 Å². The zero-order chi connectivity index (χ0) is 16.4. The fraction of sp³-hybridized carbons (Fsp3) is 0.778. The number of aromatic nitrogens is 2. The summed E-state index contributed by atoms with van der Waals surface area (Å²) in [5.41, 5.74) is 3.59. The van der Waals surface area contributed by atoms with E-state index in [1.165, 1.54) is 49.8 Å². The van der Waals surface area contributed by atoms with Gasteiger partial charge in [0.25, 0.3) is 0 Å². The molecule has 2 N–H and O–H groups in total. The van der Waals surface area contributed by atoms with Gasteiger partial charge >= 0.3 is 0 Å². The van der Waals surface area contributed by atoms with Gasteiger partial charge in [0.15, 0.2) is 5.96 Å². The number of aryl methyl sites for hydroxylation is 2. The molecule has 3 rings (SSSR count). The fourth-order valence-electron chi connectivity index (χ4n) is 4.47. The molecule has 2 fully saturated rings. The first-order valence-electron chi connectivity index (χ1n) is 9.04. The number of rotatable bonds is 3. The smallest absolute Gasteiger partial charge is 0.191 e. The van der Waals surface area contributed by atoms with E-state index in [0.717, 1.165) is 30.0 Å². The average Bonchev–Trinajstić information content (AvgIpc) is 3.09. The van der Waals surface area contributed by atoms with Crippen LogP contribution in [-0.2, 0) is 13.6 Å². The van der Waals surface area contributed by atoms with Crippen molar-refractivity contribution >= 4 is 5.96 Å². The van der Waals surface area contributed by atoms with Crippen LogP contribution in [0.15, 0.2) is 4.99 Å². The molecule has 1 aromatic rings. The van der Waals surface area contributed by atoms with Gasteiger partial charge in [-0.25, -0.2) is 0 Å². The molecule has 0 radical (unpaired) electrons. The minimum Gasteiger partial charge on any atom is -0.354 e. The van der Waals surface area contributed by atoms with Crippen LogP contribution in [0, 0.1) is 25.7 Å². The van der Waals surface area contributed by atoms with Crippen LogP contribution in [0.5, 0.6) is 0 Å². The molecular formula is C18H31N5. The Morgan fingerprint density at radius 3 is 2.70 bits per heavy atom. The average molecular weight is 317 g/mol. The Balaban J connectivity index is 1.54. The number of nitrogens with one attached hydrogen (secondary N) is 2. The van der Waals surface area contributed by atoms with Crippen LogP contribution in [0.1, 0.15) is 55.5 Å². The molecule has 128 valence electrons. The number of hydrogen-bond donors (Lipinski definition) is 2. The number of fused-ring (bicyclic) bond motifs is 1. The molecule has 23 heavy (non-hydrogen) atoms. The van der Waals surface area contributed by atoms with Crippen LogP contribution in [0.2, 0.25) is 0 Å². The van der Waals surface area contributed by atoms with Crippen LogP contribution in [0.25, 0.3) is 0 Å². The highest BCUT2D eigenvalue weighted by atomic mass is 15.3. The lowest BCUT2D eigenvalue weighted by molar-refractivity contribution is 0.239. The molecule has 0 saturated heterocycles. The van der Waals surface area contributed by atoms with Gasteiger partial charge in [0.2, 0.25) is 0 Å². The minimum absolute atomic E-state index is 0.580. The molecule has 0 spiro atoms. The van der Waals surface area contributed by atoms with Crippen molar-refractivity contribution in [2.45, 2.75) is 65.0 Å². The highest BCUT2D eigenvalue weighted by molar-refractivity contribution is 5.80. The molecule has 3 atom stereocenters. The molecule has 2 saturated carbocycles. The van der Waals surface area contributed by atoms with E-state index in [-0.39, 0.29) is 0 Å². The highest BCUT2D eigenvalue weighted by Crippen LogP contribution is 2.41. The van der Waals surface area contributed by atoms with Crippen molar-refractivity contribution < 1.29 is 0 Å². The van der Waals surface area contributed by atoms with Crippen molar-refractivity contribution in [1.29, 1.82) is 0 Å². The second-order valence-electron chi connectivity index (χ2n) is 7.30. The Kier molecular flexibility index (Phi) is 4.93. The second kappa shape index (κ2) is 6.93. The maximum absolute atomic E-state index is 4.48. The van der Waals surface area contributed by atoms with E-state index in [1.54, 1.807) is 0 Å². The third-order valence-corrected chi connectivity index (χ3v) is 5.95. The van der Waals surface area contributed by atoms with E-state index in [4.69, 9.17) is 0 Å². The Bertz CT molecular complexity index is 574. The summed E-state index contributed by atoms with van der Waals surface area (Å²) in [6, 6.07) is 0.580. The van der Waals surface area contributed by atoms with Crippen LogP contribution in [-0.4, -0.2) is 28.8 Å². The molecule has 3 unspecified atom stereocenters. The molecule has 0 aromatic carbocycles. The molecule has 2 aliphatic carbocycles. The summed E-state index contributed by atoms with van der Waals surface area (Å²) >= 11 is 0. The molecule has 2 aliphatic rings. The van der Waals surface area contributed by atoms with Crippen LogP contribution >= 0.6 is 0 Å². The molecule has 5 nitrogen and oxygen atoms in total. The monoisotopic (exact) mass is 317 g/mol. The van der Waals surface area contributed by atoms with E-state index in [1.807, 2.05) is 18.8 Å².